The number of rotatable bonds is 7. The van der Waals surface area contributed by atoms with Gasteiger partial charge in [0.25, 0.3) is 0 Å². The van der Waals surface area contributed by atoms with Crippen molar-refractivity contribution in [3.05, 3.63) is 11.2 Å². The van der Waals surface area contributed by atoms with Crippen LogP contribution in [0.25, 0.3) is 0 Å². The first-order valence-corrected chi connectivity index (χ1v) is 6.48. The topological polar surface area (TPSA) is 84.1 Å². The molecule has 0 aliphatic heterocycles. The van der Waals surface area contributed by atoms with Gasteiger partial charge in [0.15, 0.2) is 0 Å². The van der Waals surface area contributed by atoms with E-state index in [-0.39, 0.29) is 12.6 Å². The molecule has 1 aromatic rings. The molecule has 0 aliphatic carbocycles. The van der Waals surface area contributed by atoms with Crippen LogP contribution < -0.4 is 11.1 Å². The van der Waals surface area contributed by atoms with Gasteiger partial charge in [-0.15, -0.1) is 0 Å². The Bertz CT molecular complexity index is 306. The Kier molecular flexibility index (Phi) is 6.29. The summed E-state index contributed by atoms with van der Waals surface area (Å²) in [5.74, 6) is 2.72. The molecule has 0 unspecified atom stereocenters. The quantitative estimate of drug-likeness (QED) is 0.507. The van der Waals surface area contributed by atoms with E-state index in [0.29, 0.717) is 11.0 Å². The van der Waals surface area contributed by atoms with E-state index >= 15 is 0 Å². The van der Waals surface area contributed by atoms with Crippen molar-refractivity contribution in [1.29, 1.82) is 0 Å². The van der Waals surface area contributed by atoms with E-state index in [1.54, 1.807) is 17.8 Å². The number of halogens is 1. The predicted molar refractivity (Wildman–Crippen MR) is 69.0 cm³/mol. The molecule has 0 aliphatic rings. The second-order valence-electron chi connectivity index (χ2n) is 3.05. The Morgan fingerprint density at radius 2 is 2.25 bits per heavy atom. The molecule has 0 aromatic carbocycles. The largest absolute Gasteiger partial charge is 0.396 e. The highest BCUT2D eigenvalue weighted by atomic mass is 35.5. The third kappa shape index (κ3) is 5.39. The van der Waals surface area contributed by atoms with Crippen LogP contribution >= 0.6 is 23.4 Å². The number of aromatic nitrogens is 2. The van der Waals surface area contributed by atoms with Gasteiger partial charge >= 0.3 is 0 Å². The summed E-state index contributed by atoms with van der Waals surface area (Å²) in [5.41, 5.74) is 5.45. The molecule has 1 heterocycles. The van der Waals surface area contributed by atoms with E-state index in [9.17, 15) is 0 Å². The summed E-state index contributed by atoms with van der Waals surface area (Å²) in [6.07, 6.45) is 0.830. The molecule has 0 amide bonds. The van der Waals surface area contributed by atoms with E-state index in [2.05, 4.69) is 15.3 Å². The van der Waals surface area contributed by atoms with Gasteiger partial charge in [-0.2, -0.15) is 16.7 Å². The first kappa shape index (κ1) is 13.3. The van der Waals surface area contributed by atoms with Gasteiger partial charge in [-0.3, -0.25) is 0 Å². The molecule has 4 N–H and O–H groups in total. The number of aliphatic hydroxyl groups is 1. The number of aliphatic hydroxyl groups excluding tert-OH is 1. The summed E-state index contributed by atoms with van der Waals surface area (Å²) < 4.78 is 0. The smallest absolute Gasteiger partial charge is 0.223 e. The molecule has 0 radical (unpaired) electrons. The van der Waals surface area contributed by atoms with Crippen molar-refractivity contribution in [2.45, 2.75) is 6.42 Å². The minimum Gasteiger partial charge on any atom is -0.396 e. The number of nitrogens with two attached hydrogens (primary N) is 1. The molecule has 1 rings (SSSR count). The van der Waals surface area contributed by atoms with E-state index in [0.717, 1.165) is 24.5 Å². The molecule has 7 heteroatoms. The third-order valence-electron chi connectivity index (χ3n) is 1.71. The van der Waals surface area contributed by atoms with Crippen LogP contribution in [0.3, 0.4) is 0 Å². The Balaban J connectivity index is 2.21. The van der Waals surface area contributed by atoms with Gasteiger partial charge in [-0.25, -0.2) is 4.98 Å². The Morgan fingerprint density at radius 3 is 2.94 bits per heavy atom. The fraction of sp³-hybridized carbons (Fsp3) is 0.556. The minimum absolute atomic E-state index is 0.169. The molecule has 0 saturated carbocycles. The maximum Gasteiger partial charge on any atom is 0.223 e. The van der Waals surface area contributed by atoms with Crippen LogP contribution in [-0.4, -0.2) is 39.7 Å². The number of hydrogen-bond acceptors (Lipinski definition) is 6. The van der Waals surface area contributed by atoms with Gasteiger partial charge in [0, 0.05) is 25.0 Å². The number of anilines is 2. The number of nitrogens with one attached hydrogen (secondary N) is 1. The molecule has 0 spiro atoms. The summed E-state index contributed by atoms with van der Waals surface area (Å²) in [7, 11) is 0. The van der Waals surface area contributed by atoms with E-state index in [1.807, 2.05) is 0 Å². The molecule has 16 heavy (non-hydrogen) atoms. The second kappa shape index (κ2) is 7.54. The fourth-order valence-corrected chi connectivity index (χ4v) is 2.02. The molecule has 0 atom stereocenters. The van der Waals surface area contributed by atoms with Crippen LogP contribution in [0, 0.1) is 0 Å². The number of hydrogen-bond donors (Lipinski definition) is 3. The molecule has 0 bridgehead atoms. The van der Waals surface area contributed by atoms with Crippen molar-refractivity contribution in [1.82, 2.24) is 9.97 Å². The Hall–Kier alpha value is -0.720. The molecule has 0 fully saturated rings. The number of nitrogens with zero attached hydrogens (tertiary/aromatic N) is 2. The van der Waals surface area contributed by atoms with Crippen LogP contribution in [0.15, 0.2) is 6.07 Å². The van der Waals surface area contributed by atoms with Crippen molar-refractivity contribution >= 4 is 35.1 Å². The lowest BCUT2D eigenvalue weighted by atomic mass is 10.5. The maximum atomic E-state index is 8.59. The van der Waals surface area contributed by atoms with Gasteiger partial charge in [-0.1, -0.05) is 11.6 Å². The Labute approximate surface area is 104 Å². The summed E-state index contributed by atoms with van der Waals surface area (Å²) in [5, 5.41) is 12.0. The number of nitrogen functional groups attached to an aromatic ring is 1. The average molecular weight is 263 g/mol. The molecule has 1 aromatic heterocycles. The highest BCUT2D eigenvalue weighted by molar-refractivity contribution is 7.99. The van der Waals surface area contributed by atoms with Crippen LogP contribution in [0.2, 0.25) is 5.15 Å². The second-order valence-corrected chi connectivity index (χ2v) is 4.66. The lowest BCUT2D eigenvalue weighted by Crippen LogP contribution is -2.08. The maximum absolute atomic E-state index is 8.59. The Morgan fingerprint density at radius 1 is 1.44 bits per heavy atom. The van der Waals surface area contributed by atoms with Crippen LogP contribution in [-0.2, 0) is 0 Å². The van der Waals surface area contributed by atoms with Crippen molar-refractivity contribution in [2.24, 2.45) is 0 Å². The van der Waals surface area contributed by atoms with E-state index in [4.69, 9.17) is 22.4 Å². The minimum atomic E-state index is 0.169. The fourth-order valence-electron chi connectivity index (χ4n) is 1.05. The van der Waals surface area contributed by atoms with Crippen molar-refractivity contribution in [2.75, 3.05) is 35.7 Å². The zero-order valence-electron chi connectivity index (χ0n) is 8.82. The van der Waals surface area contributed by atoms with E-state index < -0.39 is 0 Å². The van der Waals surface area contributed by atoms with Crippen molar-refractivity contribution in [3.63, 3.8) is 0 Å². The predicted octanol–water partition coefficient (Wildman–Crippen LogP) is 1.24. The lowest BCUT2D eigenvalue weighted by molar-refractivity contribution is 0.296. The van der Waals surface area contributed by atoms with Crippen LogP contribution in [0.1, 0.15) is 6.42 Å². The zero-order valence-corrected chi connectivity index (χ0v) is 10.4. The highest BCUT2D eigenvalue weighted by Gasteiger charge is 1.99. The van der Waals surface area contributed by atoms with Gasteiger partial charge < -0.3 is 16.2 Å². The monoisotopic (exact) mass is 262 g/mol. The van der Waals surface area contributed by atoms with Gasteiger partial charge in [-0.05, 0) is 12.2 Å². The van der Waals surface area contributed by atoms with Gasteiger partial charge in [0.2, 0.25) is 5.95 Å². The molecular formula is C9H15ClN4OS. The zero-order chi connectivity index (χ0) is 11.8. The molecule has 90 valence electrons. The SMILES string of the molecule is Nc1nc(Cl)cc(NCCSCCCO)n1. The lowest BCUT2D eigenvalue weighted by Gasteiger charge is -2.05. The average Bonchev–Trinajstić information content (AvgIpc) is 2.22. The van der Waals surface area contributed by atoms with Crippen LogP contribution in [0.4, 0.5) is 11.8 Å². The first-order chi connectivity index (χ1) is 7.72. The molecule has 5 nitrogen and oxygen atoms in total. The van der Waals surface area contributed by atoms with Crippen LogP contribution in [0.5, 0.6) is 0 Å². The highest BCUT2D eigenvalue weighted by Crippen LogP contribution is 2.12. The molecule has 0 saturated heterocycles. The normalized spacial score (nSPS) is 10.4. The summed E-state index contributed by atoms with van der Waals surface area (Å²) >= 11 is 7.50. The van der Waals surface area contributed by atoms with Gasteiger partial charge in [0.05, 0.1) is 0 Å². The van der Waals surface area contributed by atoms with Crippen molar-refractivity contribution in [3.8, 4) is 0 Å². The summed E-state index contributed by atoms with van der Waals surface area (Å²) in [4.78, 5) is 7.75. The molecular weight excluding hydrogens is 248 g/mol. The van der Waals surface area contributed by atoms with Gasteiger partial charge in [0.1, 0.15) is 11.0 Å². The van der Waals surface area contributed by atoms with Crippen molar-refractivity contribution < 1.29 is 5.11 Å². The first-order valence-electron chi connectivity index (χ1n) is 4.95. The van der Waals surface area contributed by atoms with E-state index in [1.165, 1.54) is 0 Å². The third-order valence-corrected chi connectivity index (χ3v) is 2.98. The summed E-state index contributed by atoms with van der Waals surface area (Å²) in [6.45, 7) is 1.03. The summed E-state index contributed by atoms with van der Waals surface area (Å²) in [6, 6.07) is 1.64. The number of thioether (sulfide) groups is 1. The standard InChI is InChI=1S/C9H15ClN4OS/c10-7-6-8(14-9(11)13-7)12-2-5-16-4-1-3-15/h6,15H,1-5H2,(H3,11,12,13,14).